The Hall–Kier alpha value is -4.69. The van der Waals surface area contributed by atoms with Crippen molar-refractivity contribution in [3.8, 4) is 33.5 Å². The molecule has 3 heterocycles. The third-order valence-corrected chi connectivity index (χ3v) is 7.39. The Morgan fingerprint density at radius 3 is 2.44 bits per heavy atom. The van der Waals surface area contributed by atoms with Gasteiger partial charge in [-0.05, 0) is 75.0 Å². The van der Waals surface area contributed by atoms with E-state index in [1.807, 2.05) is 42.3 Å². The highest BCUT2D eigenvalue weighted by molar-refractivity contribution is 6.05. The molecule has 0 aliphatic heterocycles. The van der Waals surface area contributed by atoms with Crippen LogP contribution >= 0.6 is 0 Å². The van der Waals surface area contributed by atoms with Crippen molar-refractivity contribution in [3.63, 3.8) is 0 Å². The molecule has 2 aromatic carbocycles. The second-order valence-corrected chi connectivity index (χ2v) is 10.6. The Kier molecular flexibility index (Phi) is 8.03. The van der Waals surface area contributed by atoms with Crippen molar-refractivity contribution in [1.82, 2.24) is 24.6 Å². The van der Waals surface area contributed by atoms with Gasteiger partial charge >= 0.3 is 0 Å². The number of anilines is 2. The highest BCUT2D eigenvalue weighted by Gasteiger charge is 2.19. The van der Waals surface area contributed by atoms with Crippen LogP contribution in [-0.4, -0.2) is 64.8 Å². The first-order chi connectivity index (χ1) is 19.8. The van der Waals surface area contributed by atoms with Crippen molar-refractivity contribution >= 4 is 28.3 Å². The van der Waals surface area contributed by atoms with Crippen LogP contribution < -0.4 is 10.2 Å². The van der Waals surface area contributed by atoms with E-state index < -0.39 is 0 Å². The molecule has 0 radical (unpaired) electrons. The molecule has 0 spiro atoms. The minimum Gasteiger partial charge on any atom is -0.373 e. The number of nitrogens with zero attached hydrogens (tertiary/aromatic N) is 5. The number of likely N-dealkylation sites (N-methyl/N-ethyl adjacent to an activating group) is 2. The number of hydrogen-bond acceptors (Lipinski definition) is 5. The maximum atomic E-state index is 12.2. The summed E-state index contributed by atoms with van der Waals surface area (Å²) in [5.74, 6) is -0.240. The van der Waals surface area contributed by atoms with E-state index in [0.29, 0.717) is 0 Å². The number of H-pyrrole nitrogens is 1. The van der Waals surface area contributed by atoms with Crippen molar-refractivity contribution in [2.45, 2.75) is 20.4 Å². The number of rotatable bonds is 10. The second kappa shape index (κ2) is 11.8. The van der Waals surface area contributed by atoms with Crippen molar-refractivity contribution in [2.75, 3.05) is 44.4 Å². The Morgan fingerprint density at radius 1 is 1.00 bits per heavy atom. The molecule has 0 aliphatic rings. The van der Waals surface area contributed by atoms with Crippen LogP contribution in [0.1, 0.15) is 12.5 Å². The average molecular weight is 548 g/mol. The fourth-order valence-electron chi connectivity index (χ4n) is 4.89. The molecule has 0 bridgehead atoms. The zero-order valence-electron chi connectivity index (χ0n) is 24.4. The van der Waals surface area contributed by atoms with E-state index in [4.69, 9.17) is 4.98 Å². The van der Waals surface area contributed by atoms with E-state index in [2.05, 4.69) is 96.2 Å². The molecule has 0 saturated heterocycles. The molecule has 0 atom stereocenters. The summed E-state index contributed by atoms with van der Waals surface area (Å²) in [7, 11) is 6.29. The molecule has 0 aliphatic carbocycles. The van der Waals surface area contributed by atoms with Crippen molar-refractivity contribution < 1.29 is 4.79 Å². The number of aromatic amines is 1. The number of carbonyl (C=O) groups is 1. The number of nitrogens with one attached hydrogen (secondary N) is 2. The van der Waals surface area contributed by atoms with Crippen LogP contribution in [0.25, 0.3) is 44.5 Å². The molecule has 5 rings (SSSR count). The van der Waals surface area contributed by atoms with Gasteiger partial charge in [0, 0.05) is 72.5 Å². The van der Waals surface area contributed by atoms with E-state index in [1.54, 1.807) is 0 Å². The maximum Gasteiger partial charge on any atom is 0.247 e. The minimum absolute atomic E-state index is 0.240. The molecule has 0 unspecified atom stereocenters. The molecule has 1 amide bonds. The number of hydrogen-bond donors (Lipinski definition) is 2. The standard InChI is InChI=1S/C33H37N7O/c1-7-30(41)36-29-18-24(10-9-22(29)3)31-28-17-25(26-20-35-40(8-2)21-26)19-34-33(28)37-32(31)23-11-13-27(14-12-23)39(6)16-15-38(4)5/h7,9-14,17-21H,1,8,15-16H2,2-6H3,(H,34,37)(H,36,41). The Morgan fingerprint density at radius 2 is 1.76 bits per heavy atom. The molecule has 5 aromatic rings. The fraction of sp³-hybridized carbons (Fsp3) is 0.242. The van der Waals surface area contributed by atoms with E-state index in [1.165, 1.54) is 6.08 Å². The molecular formula is C33H37N7O. The zero-order valence-corrected chi connectivity index (χ0v) is 24.4. The number of benzene rings is 2. The van der Waals surface area contributed by atoms with Crippen molar-refractivity contribution in [1.29, 1.82) is 0 Å². The highest BCUT2D eigenvalue weighted by Crippen LogP contribution is 2.40. The molecule has 0 saturated carbocycles. The van der Waals surface area contributed by atoms with Gasteiger partial charge in [0.25, 0.3) is 0 Å². The lowest BCUT2D eigenvalue weighted by molar-refractivity contribution is -0.111. The lowest BCUT2D eigenvalue weighted by Gasteiger charge is -2.21. The predicted octanol–water partition coefficient (Wildman–Crippen LogP) is 6.21. The van der Waals surface area contributed by atoms with E-state index in [9.17, 15) is 4.79 Å². The van der Waals surface area contributed by atoms with Gasteiger partial charge < -0.3 is 20.1 Å². The zero-order chi connectivity index (χ0) is 29.1. The van der Waals surface area contributed by atoms with Gasteiger partial charge in [0.1, 0.15) is 5.65 Å². The number of aromatic nitrogens is 4. The lowest BCUT2D eigenvalue weighted by atomic mass is 9.96. The van der Waals surface area contributed by atoms with Crippen LogP contribution in [0.4, 0.5) is 11.4 Å². The molecule has 3 aromatic heterocycles. The van der Waals surface area contributed by atoms with Crippen molar-refractivity contribution in [2.24, 2.45) is 0 Å². The summed E-state index contributed by atoms with van der Waals surface area (Å²) < 4.78 is 1.91. The van der Waals surface area contributed by atoms with Crippen LogP contribution in [-0.2, 0) is 11.3 Å². The maximum absolute atomic E-state index is 12.2. The van der Waals surface area contributed by atoms with Gasteiger partial charge in [0.15, 0.2) is 0 Å². The average Bonchev–Trinajstić information content (AvgIpc) is 3.62. The third-order valence-electron chi connectivity index (χ3n) is 7.39. The van der Waals surface area contributed by atoms with Crippen LogP contribution in [0.3, 0.4) is 0 Å². The summed E-state index contributed by atoms with van der Waals surface area (Å²) in [6, 6.07) is 16.9. The first-order valence-corrected chi connectivity index (χ1v) is 13.8. The number of carbonyl (C=O) groups excluding carboxylic acids is 1. The summed E-state index contributed by atoms with van der Waals surface area (Å²) in [4.78, 5) is 25.0. The first kappa shape index (κ1) is 27.9. The van der Waals surface area contributed by atoms with Gasteiger partial charge in [-0.1, -0.05) is 30.8 Å². The summed E-state index contributed by atoms with van der Waals surface area (Å²) >= 11 is 0. The molecule has 0 fully saturated rings. The summed E-state index contributed by atoms with van der Waals surface area (Å²) in [6.07, 6.45) is 7.08. The normalized spacial score (nSPS) is 11.3. The Labute approximate surface area is 241 Å². The molecule has 41 heavy (non-hydrogen) atoms. The Bertz CT molecular complexity index is 1690. The Balaban J connectivity index is 1.64. The quantitative estimate of drug-likeness (QED) is 0.203. The minimum atomic E-state index is -0.240. The number of fused-ring (bicyclic) bond motifs is 1. The summed E-state index contributed by atoms with van der Waals surface area (Å²) in [5.41, 5.74) is 9.72. The van der Waals surface area contributed by atoms with E-state index in [0.717, 1.165) is 81.1 Å². The molecule has 2 N–H and O–H groups in total. The SMILES string of the molecule is C=CC(=O)Nc1cc(-c2c(-c3ccc(N(C)CCN(C)C)cc3)[nH]c3ncc(-c4cnn(CC)c4)cc23)ccc1C. The van der Waals surface area contributed by atoms with Crippen LogP contribution in [0.5, 0.6) is 0 Å². The van der Waals surface area contributed by atoms with Gasteiger partial charge in [-0.3, -0.25) is 9.48 Å². The van der Waals surface area contributed by atoms with Gasteiger partial charge in [0.05, 0.1) is 11.9 Å². The number of pyridine rings is 1. The first-order valence-electron chi connectivity index (χ1n) is 13.8. The van der Waals surface area contributed by atoms with Gasteiger partial charge in [-0.25, -0.2) is 4.98 Å². The van der Waals surface area contributed by atoms with E-state index >= 15 is 0 Å². The highest BCUT2D eigenvalue weighted by atomic mass is 16.1. The fourth-order valence-corrected chi connectivity index (χ4v) is 4.89. The topological polar surface area (TPSA) is 82.1 Å². The summed E-state index contributed by atoms with van der Waals surface area (Å²) in [5, 5.41) is 8.40. The van der Waals surface area contributed by atoms with Gasteiger partial charge in [-0.15, -0.1) is 0 Å². The summed E-state index contributed by atoms with van der Waals surface area (Å²) in [6.45, 7) is 10.4. The second-order valence-electron chi connectivity index (χ2n) is 10.6. The van der Waals surface area contributed by atoms with Crippen LogP contribution in [0.15, 0.2) is 79.8 Å². The number of aryl methyl sites for hydroxylation is 2. The monoisotopic (exact) mass is 547 g/mol. The van der Waals surface area contributed by atoms with Gasteiger partial charge in [-0.2, -0.15) is 5.10 Å². The molecule has 210 valence electrons. The largest absolute Gasteiger partial charge is 0.373 e. The smallest absolute Gasteiger partial charge is 0.247 e. The molecule has 8 heteroatoms. The lowest BCUT2D eigenvalue weighted by Crippen LogP contribution is -2.28. The molecule has 8 nitrogen and oxygen atoms in total. The van der Waals surface area contributed by atoms with Gasteiger partial charge in [0.2, 0.25) is 5.91 Å². The number of amides is 1. The third kappa shape index (κ3) is 5.93. The van der Waals surface area contributed by atoms with Crippen LogP contribution in [0, 0.1) is 6.92 Å². The van der Waals surface area contributed by atoms with E-state index in [-0.39, 0.29) is 5.91 Å². The predicted molar refractivity (Wildman–Crippen MR) is 169 cm³/mol. The molecular weight excluding hydrogens is 510 g/mol. The van der Waals surface area contributed by atoms with Crippen molar-refractivity contribution in [3.05, 3.63) is 85.3 Å². The van der Waals surface area contributed by atoms with Crippen LogP contribution in [0.2, 0.25) is 0 Å².